The van der Waals surface area contributed by atoms with Crippen molar-refractivity contribution in [2.24, 2.45) is 0 Å². The molecule has 0 spiro atoms. The predicted molar refractivity (Wildman–Crippen MR) is 314 cm³/mol. The topological polar surface area (TPSA) is 41.8 Å². The van der Waals surface area contributed by atoms with Crippen molar-refractivity contribution in [3.63, 3.8) is 0 Å². The molecule has 4 aromatic heterocycles. The van der Waals surface area contributed by atoms with Crippen LogP contribution in [0.4, 0.5) is 0 Å². The Labute approximate surface area is 471 Å². The zero-order chi connectivity index (χ0) is 60.5. The van der Waals surface area contributed by atoms with Crippen molar-refractivity contribution >= 4 is 54.6 Å². The molecule has 6 nitrogen and oxygen atoms in total. The molecule has 0 aliphatic carbocycles. The van der Waals surface area contributed by atoms with Gasteiger partial charge >= 0.3 is 382 Å². The van der Waals surface area contributed by atoms with Crippen LogP contribution in [-0.4, -0.2) is 23.3 Å². The first kappa shape index (κ1) is 36.8. The van der Waals surface area contributed by atoms with Gasteiger partial charge < -0.3 is 0 Å². The summed E-state index contributed by atoms with van der Waals surface area (Å²) in [5, 5.41) is 3.94. The van der Waals surface area contributed by atoms with Crippen LogP contribution in [0.25, 0.3) is 111 Å². The van der Waals surface area contributed by atoms with Crippen molar-refractivity contribution in [3.05, 3.63) is 264 Å². The van der Waals surface area contributed by atoms with E-state index in [9.17, 15) is 5.48 Å². The van der Waals surface area contributed by atoms with Gasteiger partial charge in [-0.1, -0.05) is 57.2 Å². The molecule has 0 saturated heterocycles. The van der Waals surface area contributed by atoms with Crippen molar-refractivity contribution in [1.29, 1.82) is 0 Å². The zero-order valence-corrected chi connectivity index (χ0v) is 44.2. The number of aromatic nitrogens is 5. The van der Waals surface area contributed by atoms with Gasteiger partial charge in [-0.3, -0.25) is 0 Å². The Balaban J connectivity index is 0.972. The second kappa shape index (κ2) is 18.6. The minimum atomic E-state index is -0.580. The van der Waals surface area contributed by atoms with Gasteiger partial charge in [0.05, 0.1) is 0 Å². The predicted octanol–water partition coefficient (Wildman–Crippen LogP) is 18.2. The van der Waals surface area contributed by atoms with Crippen LogP contribution in [0.5, 0.6) is 11.5 Å². The minimum absolute atomic E-state index is 0.0630. The summed E-state index contributed by atoms with van der Waals surface area (Å²) in [6, 6.07) is 56.1. The monoisotopic (exact) mass is 1180 g/mol. The Kier molecular flexibility index (Phi) is 8.90. The summed E-state index contributed by atoms with van der Waals surface area (Å²) >= 11 is 2.21. The first-order chi connectivity index (χ1) is 41.9. The molecule has 4 heterocycles. The third-order valence-electron chi connectivity index (χ3n) is 14.4. The number of nitrogens with zero attached hydrogens (tertiary/aromatic N) is 5. The molecule has 0 aliphatic heterocycles. The molecular weight excluding hydrogens is 1120 g/mol. The Hall–Kier alpha value is -9.09. The SMILES string of the molecule is [2H]c1c([2H])c([2H])c(-c2cc(-n3c4ccccc4c4ccccc43)cc(-c3c([2H])c([2H])c([2H])c([2H])c3[2H])c2-n2[c](=[Pt])n(-c3cccc(Oc4ccc5c6ccccc6n(-c6ccc(-c7ccccc7C(C)(C)C)cn6)c5c4)c3)c3ccccc32)c([2H])c1[2H]. The second-order valence-corrected chi connectivity index (χ2v) is 21.0. The van der Waals surface area contributed by atoms with E-state index in [1.54, 1.807) is 12.1 Å². The number of ether oxygens (including phenoxy) is 1. The van der Waals surface area contributed by atoms with E-state index in [-0.39, 0.29) is 33.4 Å². The number of para-hydroxylation sites is 5. The van der Waals surface area contributed by atoms with Crippen LogP contribution in [0.1, 0.15) is 40.0 Å². The van der Waals surface area contributed by atoms with Gasteiger partial charge in [0, 0.05) is 11.8 Å². The van der Waals surface area contributed by atoms with E-state index in [0.717, 1.165) is 60.6 Å². The van der Waals surface area contributed by atoms with Crippen molar-refractivity contribution in [2.45, 2.75) is 26.2 Å². The zero-order valence-electron chi connectivity index (χ0n) is 51.9. The first-order valence-corrected chi connectivity index (χ1v) is 26.4. The molecule has 0 amide bonds. The van der Waals surface area contributed by atoms with Gasteiger partial charge in [-0.25, -0.2) is 0 Å². The van der Waals surface area contributed by atoms with E-state index in [4.69, 9.17) is 17.9 Å². The number of rotatable bonds is 9. The van der Waals surface area contributed by atoms with E-state index in [1.165, 1.54) is 5.56 Å². The Bertz CT molecular complexity index is 5090. The molecule has 0 bridgehead atoms. The Morgan fingerprint density at radius 3 is 1.55 bits per heavy atom. The van der Waals surface area contributed by atoms with Gasteiger partial charge in [0.2, 0.25) is 0 Å². The summed E-state index contributed by atoms with van der Waals surface area (Å²) in [6.07, 6.45) is 1.94. The quantitative estimate of drug-likeness (QED) is 0.145. The summed E-state index contributed by atoms with van der Waals surface area (Å²) in [7, 11) is 0. The van der Waals surface area contributed by atoms with Crippen LogP contribution in [0.15, 0.2) is 255 Å². The molecular formula is C70H51N5OPt. The van der Waals surface area contributed by atoms with Crippen LogP contribution in [0.2, 0.25) is 0 Å². The van der Waals surface area contributed by atoms with E-state index < -0.39 is 60.4 Å². The maximum atomic E-state index is 9.58. The molecule has 10 aromatic carbocycles. The van der Waals surface area contributed by atoms with Crippen LogP contribution < -0.4 is 4.74 Å². The summed E-state index contributed by atoms with van der Waals surface area (Å²) < 4.78 is 107. The van der Waals surface area contributed by atoms with E-state index in [2.05, 4.69) is 99.3 Å². The Morgan fingerprint density at radius 2 is 0.948 bits per heavy atom. The third-order valence-corrected chi connectivity index (χ3v) is 15.4. The normalized spacial score (nSPS) is 13.7. The fourth-order valence-corrected chi connectivity index (χ4v) is 12.2. The van der Waals surface area contributed by atoms with E-state index >= 15 is 0 Å². The molecule has 77 heavy (non-hydrogen) atoms. The second-order valence-electron chi connectivity index (χ2n) is 20.0. The first-order valence-electron chi connectivity index (χ1n) is 30.3. The number of fused-ring (bicyclic) bond motifs is 7. The molecule has 14 aromatic rings. The standard InChI is InChI=1S/C70H51N5O.Pt/c1-70(2,3)61-31-14-10-27-54(61)49-37-40-68(71-45-49)75-64-34-17-13-30-57(64)58-39-38-53(44-67(58)75)76-52-26-20-25-50(41-52)72-46-73(66-36-19-18-35-65(66)72)69-59(47-21-6-4-7-22-47)42-51(43-60(69)48-23-8-5-9-24-48)74-62-32-15-11-28-55(62)56-29-12-16-33-63(56)74;/h4-45H,1-3H3;/i4D,5D,6D,7D,8D,9D,21D,22D,23D,24D;. The molecule has 0 unspecified atom stereocenters. The third kappa shape index (κ3) is 7.90. The molecule has 0 aliphatic rings. The average Bonchev–Trinajstić information content (AvgIpc) is 1.75. The summed E-state index contributed by atoms with van der Waals surface area (Å²) in [4.78, 5) is 5.09. The summed E-state index contributed by atoms with van der Waals surface area (Å²) in [5.41, 5.74) is 9.47. The van der Waals surface area contributed by atoms with Crippen LogP contribution in [0.3, 0.4) is 0 Å². The Morgan fingerprint density at radius 1 is 0.416 bits per heavy atom. The van der Waals surface area contributed by atoms with Crippen LogP contribution >= 0.6 is 0 Å². The van der Waals surface area contributed by atoms with E-state index in [1.807, 2.05) is 141 Å². The molecule has 0 atom stereocenters. The van der Waals surface area contributed by atoms with Gasteiger partial charge in [-0.15, -0.1) is 0 Å². The van der Waals surface area contributed by atoms with Gasteiger partial charge in [-0.2, -0.15) is 0 Å². The number of imidazole rings is 1. The average molecular weight is 1180 g/mol. The van der Waals surface area contributed by atoms with E-state index in [0.29, 0.717) is 37.7 Å². The fraction of sp³-hybridized carbons (Fsp3) is 0.0571. The molecule has 14 rings (SSSR count). The van der Waals surface area contributed by atoms with Crippen LogP contribution in [-0.2, 0) is 24.8 Å². The molecule has 0 N–H and O–H groups in total. The molecule has 0 radical (unpaired) electrons. The maximum absolute atomic E-state index is 9.58. The van der Waals surface area contributed by atoms with Gasteiger partial charge in [0.15, 0.2) is 0 Å². The number of hydrogen-bond acceptors (Lipinski definition) is 2. The fourth-order valence-electron chi connectivity index (χ4n) is 11.1. The number of hydrogen-bond donors (Lipinski definition) is 0. The van der Waals surface area contributed by atoms with Gasteiger partial charge in [0.1, 0.15) is 0 Å². The molecule has 7 heteroatoms. The summed E-state index contributed by atoms with van der Waals surface area (Å²) in [5.74, 6) is 1.85. The summed E-state index contributed by atoms with van der Waals surface area (Å²) in [6.45, 7) is 6.65. The molecule has 0 saturated carbocycles. The van der Waals surface area contributed by atoms with Gasteiger partial charge in [0.25, 0.3) is 0 Å². The van der Waals surface area contributed by atoms with Crippen molar-refractivity contribution in [1.82, 2.24) is 23.3 Å². The number of pyridine rings is 1. The van der Waals surface area contributed by atoms with Crippen molar-refractivity contribution < 1.29 is 37.8 Å². The number of benzene rings is 10. The van der Waals surface area contributed by atoms with Gasteiger partial charge in [-0.05, 0) is 22.6 Å². The van der Waals surface area contributed by atoms with Crippen LogP contribution in [0, 0.1) is 3.80 Å². The van der Waals surface area contributed by atoms with Crippen molar-refractivity contribution in [2.75, 3.05) is 0 Å². The molecule has 0 fully saturated rings. The molecule has 372 valence electrons. The van der Waals surface area contributed by atoms with Crippen molar-refractivity contribution in [3.8, 4) is 67.8 Å².